The number of carbonyl (C=O) groups is 1. The zero-order valence-electron chi connectivity index (χ0n) is 9.02. The van der Waals surface area contributed by atoms with Gasteiger partial charge in [0.05, 0.1) is 0 Å². The summed E-state index contributed by atoms with van der Waals surface area (Å²) in [4.78, 5) is 17.6. The van der Waals surface area contributed by atoms with Gasteiger partial charge in [-0.3, -0.25) is 9.78 Å². The summed E-state index contributed by atoms with van der Waals surface area (Å²) in [6.45, 7) is 0.692. The predicted octanol–water partition coefficient (Wildman–Crippen LogP) is 1.84. The van der Waals surface area contributed by atoms with E-state index in [0.717, 1.165) is 18.4 Å². The SMILES string of the molecule is CN(Cc1ccncc1)C(=O)C1CCC1. The summed E-state index contributed by atoms with van der Waals surface area (Å²) in [5, 5.41) is 0. The summed E-state index contributed by atoms with van der Waals surface area (Å²) < 4.78 is 0. The number of pyridine rings is 1. The van der Waals surface area contributed by atoms with Crippen LogP contribution in [0.4, 0.5) is 0 Å². The first-order valence-electron chi connectivity index (χ1n) is 5.41. The third-order valence-corrected chi connectivity index (χ3v) is 3.00. The highest BCUT2D eigenvalue weighted by atomic mass is 16.2. The summed E-state index contributed by atoms with van der Waals surface area (Å²) >= 11 is 0. The van der Waals surface area contributed by atoms with E-state index in [9.17, 15) is 4.79 Å². The van der Waals surface area contributed by atoms with Gasteiger partial charge < -0.3 is 4.90 Å². The van der Waals surface area contributed by atoms with Crippen LogP contribution >= 0.6 is 0 Å². The molecule has 1 aliphatic rings. The monoisotopic (exact) mass is 204 g/mol. The number of nitrogens with zero attached hydrogens (tertiary/aromatic N) is 2. The van der Waals surface area contributed by atoms with Gasteiger partial charge in [-0.2, -0.15) is 0 Å². The molecule has 0 radical (unpaired) electrons. The average molecular weight is 204 g/mol. The third-order valence-electron chi connectivity index (χ3n) is 3.00. The molecule has 1 amide bonds. The minimum atomic E-state index is 0.289. The van der Waals surface area contributed by atoms with Crippen molar-refractivity contribution in [3.63, 3.8) is 0 Å². The number of hydrogen-bond donors (Lipinski definition) is 0. The van der Waals surface area contributed by atoms with Crippen molar-refractivity contribution in [2.45, 2.75) is 25.8 Å². The van der Waals surface area contributed by atoms with Gasteiger partial charge in [0, 0.05) is 31.9 Å². The fourth-order valence-corrected chi connectivity index (χ4v) is 1.81. The molecule has 3 nitrogen and oxygen atoms in total. The van der Waals surface area contributed by atoms with Crippen molar-refractivity contribution in [2.75, 3.05) is 7.05 Å². The molecule has 0 unspecified atom stereocenters. The number of amides is 1. The van der Waals surface area contributed by atoms with E-state index in [1.165, 1.54) is 6.42 Å². The maximum absolute atomic E-state index is 11.8. The van der Waals surface area contributed by atoms with Crippen LogP contribution in [0.2, 0.25) is 0 Å². The van der Waals surface area contributed by atoms with E-state index < -0.39 is 0 Å². The van der Waals surface area contributed by atoms with Crippen molar-refractivity contribution in [2.24, 2.45) is 5.92 Å². The molecule has 0 bridgehead atoms. The van der Waals surface area contributed by atoms with Crippen LogP contribution in [-0.4, -0.2) is 22.8 Å². The van der Waals surface area contributed by atoms with E-state index in [4.69, 9.17) is 0 Å². The molecule has 2 rings (SSSR count). The van der Waals surface area contributed by atoms with Crippen molar-refractivity contribution in [1.29, 1.82) is 0 Å². The van der Waals surface area contributed by atoms with Crippen molar-refractivity contribution in [3.8, 4) is 0 Å². The summed E-state index contributed by atoms with van der Waals surface area (Å²) in [5.74, 6) is 0.579. The fourth-order valence-electron chi connectivity index (χ4n) is 1.81. The topological polar surface area (TPSA) is 33.2 Å². The van der Waals surface area contributed by atoms with Crippen LogP contribution in [0.3, 0.4) is 0 Å². The van der Waals surface area contributed by atoms with Gasteiger partial charge in [0.2, 0.25) is 5.91 Å². The van der Waals surface area contributed by atoms with Gasteiger partial charge in [0.15, 0.2) is 0 Å². The van der Waals surface area contributed by atoms with E-state index in [0.29, 0.717) is 6.54 Å². The van der Waals surface area contributed by atoms with Gasteiger partial charge in [-0.15, -0.1) is 0 Å². The Morgan fingerprint density at radius 1 is 1.47 bits per heavy atom. The Labute approximate surface area is 90.1 Å². The van der Waals surface area contributed by atoms with Crippen LogP contribution in [0.1, 0.15) is 24.8 Å². The number of aromatic nitrogens is 1. The third kappa shape index (κ3) is 2.35. The molecule has 1 saturated carbocycles. The van der Waals surface area contributed by atoms with Crippen molar-refractivity contribution in [1.82, 2.24) is 9.88 Å². The molecule has 1 fully saturated rings. The molecule has 80 valence electrons. The highest BCUT2D eigenvalue weighted by Crippen LogP contribution is 2.28. The summed E-state index contributed by atoms with van der Waals surface area (Å²) in [5.41, 5.74) is 1.14. The van der Waals surface area contributed by atoms with Crippen molar-refractivity contribution >= 4 is 5.91 Å². The van der Waals surface area contributed by atoms with E-state index in [2.05, 4.69) is 4.98 Å². The molecule has 1 aromatic heterocycles. The van der Waals surface area contributed by atoms with Crippen LogP contribution in [0.5, 0.6) is 0 Å². The molecular formula is C12H16N2O. The minimum absolute atomic E-state index is 0.289. The normalized spacial score (nSPS) is 15.8. The zero-order chi connectivity index (χ0) is 10.7. The van der Waals surface area contributed by atoms with E-state index in [-0.39, 0.29) is 11.8 Å². The zero-order valence-corrected chi connectivity index (χ0v) is 9.02. The minimum Gasteiger partial charge on any atom is -0.341 e. The lowest BCUT2D eigenvalue weighted by molar-refractivity contribution is -0.137. The van der Waals surface area contributed by atoms with Crippen LogP contribution in [0.25, 0.3) is 0 Å². The maximum atomic E-state index is 11.8. The molecule has 0 aliphatic heterocycles. The van der Waals surface area contributed by atoms with Crippen LogP contribution < -0.4 is 0 Å². The molecule has 3 heteroatoms. The molecule has 0 atom stereocenters. The molecule has 1 aliphatic carbocycles. The van der Waals surface area contributed by atoms with Crippen LogP contribution in [0.15, 0.2) is 24.5 Å². The lowest BCUT2D eigenvalue weighted by atomic mass is 9.84. The van der Waals surface area contributed by atoms with Gasteiger partial charge in [-0.05, 0) is 30.5 Å². The molecule has 0 aromatic carbocycles. The second kappa shape index (κ2) is 4.43. The molecule has 0 spiro atoms. The molecular weight excluding hydrogens is 188 g/mol. The van der Waals surface area contributed by atoms with E-state index in [1.807, 2.05) is 24.1 Å². The smallest absolute Gasteiger partial charge is 0.225 e. The van der Waals surface area contributed by atoms with Crippen molar-refractivity contribution in [3.05, 3.63) is 30.1 Å². The van der Waals surface area contributed by atoms with E-state index >= 15 is 0 Å². The fraction of sp³-hybridized carbons (Fsp3) is 0.500. The predicted molar refractivity (Wildman–Crippen MR) is 58.1 cm³/mol. The van der Waals surface area contributed by atoms with Crippen LogP contribution in [-0.2, 0) is 11.3 Å². The first-order valence-corrected chi connectivity index (χ1v) is 5.41. The van der Waals surface area contributed by atoms with E-state index in [1.54, 1.807) is 12.4 Å². The molecule has 0 saturated heterocycles. The van der Waals surface area contributed by atoms with Crippen molar-refractivity contribution < 1.29 is 4.79 Å². The Bertz CT molecular complexity index is 333. The second-order valence-corrected chi connectivity index (χ2v) is 4.18. The quantitative estimate of drug-likeness (QED) is 0.752. The largest absolute Gasteiger partial charge is 0.341 e. The second-order valence-electron chi connectivity index (χ2n) is 4.18. The number of rotatable bonds is 3. The molecule has 1 aromatic rings. The molecule has 15 heavy (non-hydrogen) atoms. The Hall–Kier alpha value is -1.38. The highest BCUT2D eigenvalue weighted by molar-refractivity contribution is 5.79. The average Bonchev–Trinajstić information content (AvgIpc) is 2.16. The first-order chi connectivity index (χ1) is 7.27. The number of hydrogen-bond acceptors (Lipinski definition) is 2. The summed E-state index contributed by atoms with van der Waals surface area (Å²) in [6, 6.07) is 3.90. The lowest BCUT2D eigenvalue weighted by Crippen LogP contribution is -2.35. The van der Waals surface area contributed by atoms with Gasteiger partial charge in [0.25, 0.3) is 0 Å². The summed E-state index contributed by atoms with van der Waals surface area (Å²) in [6.07, 6.45) is 6.87. The Balaban J connectivity index is 1.91. The lowest BCUT2D eigenvalue weighted by Gasteiger charge is -2.29. The Morgan fingerprint density at radius 3 is 2.67 bits per heavy atom. The molecule has 0 N–H and O–H groups in total. The van der Waals surface area contributed by atoms with Gasteiger partial charge >= 0.3 is 0 Å². The Morgan fingerprint density at radius 2 is 2.13 bits per heavy atom. The molecule has 1 heterocycles. The van der Waals surface area contributed by atoms with Crippen LogP contribution in [0, 0.1) is 5.92 Å². The van der Waals surface area contributed by atoms with Gasteiger partial charge in [-0.25, -0.2) is 0 Å². The first kappa shape index (κ1) is 10.1. The number of carbonyl (C=O) groups excluding carboxylic acids is 1. The maximum Gasteiger partial charge on any atom is 0.225 e. The Kier molecular flexibility index (Phi) is 2.99. The van der Waals surface area contributed by atoms with Gasteiger partial charge in [-0.1, -0.05) is 6.42 Å². The standard InChI is InChI=1S/C12H16N2O/c1-14(12(15)11-3-2-4-11)9-10-5-7-13-8-6-10/h5-8,11H,2-4,9H2,1H3. The summed E-state index contributed by atoms with van der Waals surface area (Å²) in [7, 11) is 1.88. The highest BCUT2D eigenvalue weighted by Gasteiger charge is 2.27. The van der Waals surface area contributed by atoms with Gasteiger partial charge in [0.1, 0.15) is 0 Å².